The molecule has 4 aromatic rings. The van der Waals surface area contributed by atoms with Crippen LogP contribution in [-0.4, -0.2) is 19.9 Å². The van der Waals surface area contributed by atoms with E-state index in [9.17, 15) is 0 Å². The van der Waals surface area contributed by atoms with Gasteiger partial charge in [0.25, 0.3) is 0 Å². The van der Waals surface area contributed by atoms with E-state index < -0.39 is 0 Å². The average Bonchev–Trinajstić information content (AvgIpc) is 3.20. The Morgan fingerprint density at radius 2 is 1.40 bits per heavy atom. The molecule has 0 saturated heterocycles. The zero-order valence-corrected chi connectivity index (χ0v) is 15.5. The lowest BCUT2D eigenvalue weighted by Crippen LogP contribution is -2.10. The molecule has 6 heteroatoms. The minimum Gasteiger partial charge on any atom is -0.346 e. The highest BCUT2D eigenvalue weighted by Crippen LogP contribution is 2.40. The maximum Gasteiger partial charge on any atom is 0.137 e. The largest absolute Gasteiger partial charge is 0.346 e. The van der Waals surface area contributed by atoms with E-state index in [-0.39, 0.29) is 5.92 Å². The standard InChI is InChI=1S/C19H18Cl2N4/c1-3-10(2)17(15-8-24-18-13(15)4-11(20)6-22-18)16-9-25-19-14(16)5-12(21)7-23-19/h4-10,17H,3H2,1-2H3,(H,22,24)(H,23,25)/t10-/m1/s1. The third kappa shape index (κ3) is 2.79. The minimum absolute atomic E-state index is 0.188. The molecule has 0 unspecified atom stereocenters. The topological polar surface area (TPSA) is 57.4 Å². The van der Waals surface area contributed by atoms with Crippen LogP contribution in [0.5, 0.6) is 0 Å². The highest BCUT2D eigenvalue weighted by Gasteiger charge is 2.26. The molecular weight excluding hydrogens is 355 g/mol. The monoisotopic (exact) mass is 372 g/mol. The van der Waals surface area contributed by atoms with E-state index in [4.69, 9.17) is 23.2 Å². The van der Waals surface area contributed by atoms with Crippen LogP contribution in [-0.2, 0) is 0 Å². The van der Waals surface area contributed by atoms with Gasteiger partial charge in [0.15, 0.2) is 0 Å². The van der Waals surface area contributed by atoms with E-state index in [0.717, 1.165) is 28.5 Å². The molecule has 0 saturated carbocycles. The Hall–Kier alpha value is -2.04. The van der Waals surface area contributed by atoms with Gasteiger partial charge in [-0.25, -0.2) is 9.97 Å². The summed E-state index contributed by atoms with van der Waals surface area (Å²) in [5.41, 5.74) is 4.09. The van der Waals surface area contributed by atoms with Crippen LogP contribution in [0.15, 0.2) is 36.9 Å². The van der Waals surface area contributed by atoms with E-state index >= 15 is 0 Å². The van der Waals surface area contributed by atoms with Crippen LogP contribution >= 0.6 is 23.2 Å². The van der Waals surface area contributed by atoms with Crippen LogP contribution in [0.25, 0.3) is 22.1 Å². The lowest BCUT2D eigenvalue weighted by molar-refractivity contribution is 0.500. The van der Waals surface area contributed by atoms with Crippen LogP contribution in [0.4, 0.5) is 0 Å². The molecule has 4 nitrogen and oxygen atoms in total. The number of rotatable bonds is 4. The lowest BCUT2D eigenvalue weighted by atomic mass is 9.80. The predicted octanol–water partition coefficient (Wildman–Crippen LogP) is 5.92. The first-order valence-corrected chi connectivity index (χ1v) is 9.09. The number of pyridine rings is 2. The Bertz CT molecular complexity index is 970. The SMILES string of the molecule is CC[C@@H](C)C(c1c[nH]c2ncc(Cl)cc12)c1c[nH]c2ncc(Cl)cc12. The van der Waals surface area contributed by atoms with Crippen molar-refractivity contribution in [3.05, 3.63) is 58.1 Å². The molecule has 0 fully saturated rings. The van der Waals surface area contributed by atoms with Crippen LogP contribution in [0.1, 0.15) is 37.3 Å². The van der Waals surface area contributed by atoms with Gasteiger partial charge in [-0.15, -0.1) is 0 Å². The number of hydrogen-bond acceptors (Lipinski definition) is 2. The van der Waals surface area contributed by atoms with E-state index in [2.05, 4.69) is 33.8 Å². The molecule has 0 aliphatic heterocycles. The second-order valence-electron chi connectivity index (χ2n) is 6.45. The summed E-state index contributed by atoms with van der Waals surface area (Å²) < 4.78 is 0. The number of fused-ring (bicyclic) bond motifs is 2. The molecule has 1 atom stereocenters. The first-order chi connectivity index (χ1) is 12.1. The normalized spacial score (nSPS) is 13.2. The second kappa shape index (κ2) is 6.36. The molecule has 0 aromatic carbocycles. The molecule has 0 spiro atoms. The van der Waals surface area contributed by atoms with Gasteiger partial charge in [-0.3, -0.25) is 0 Å². The van der Waals surface area contributed by atoms with Gasteiger partial charge >= 0.3 is 0 Å². The van der Waals surface area contributed by atoms with E-state index in [1.54, 1.807) is 12.4 Å². The van der Waals surface area contributed by atoms with Crippen molar-refractivity contribution in [2.45, 2.75) is 26.2 Å². The van der Waals surface area contributed by atoms with Gasteiger partial charge in [0.2, 0.25) is 0 Å². The van der Waals surface area contributed by atoms with Crippen molar-refractivity contribution in [1.82, 2.24) is 19.9 Å². The minimum atomic E-state index is 0.188. The fraction of sp³-hybridized carbons (Fsp3) is 0.263. The predicted molar refractivity (Wildman–Crippen MR) is 104 cm³/mol. The van der Waals surface area contributed by atoms with Crippen molar-refractivity contribution >= 4 is 45.3 Å². The number of aromatic nitrogens is 4. The molecule has 4 rings (SSSR count). The van der Waals surface area contributed by atoms with E-state index in [1.807, 2.05) is 24.5 Å². The number of aromatic amines is 2. The third-order valence-electron chi connectivity index (χ3n) is 4.94. The van der Waals surface area contributed by atoms with Crippen molar-refractivity contribution in [2.75, 3.05) is 0 Å². The molecular formula is C19H18Cl2N4. The van der Waals surface area contributed by atoms with Gasteiger partial charge in [-0.05, 0) is 29.2 Å². The van der Waals surface area contributed by atoms with Crippen molar-refractivity contribution in [3.63, 3.8) is 0 Å². The fourth-order valence-electron chi connectivity index (χ4n) is 3.53. The van der Waals surface area contributed by atoms with Crippen molar-refractivity contribution in [3.8, 4) is 0 Å². The summed E-state index contributed by atoms with van der Waals surface area (Å²) in [5, 5.41) is 3.39. The quantitative estimate of drug-likeness (QED) is 0.466. The highest BCUT2D eigenvalue weighted by molar-refractivity contribution is 6.31. The van der Waals surface area contributed by atoms with Crippen LogP contribution in [0.3, 0.4) is 0 Å². The Balaban J connectivity index is 1.96. The summed E-state index contributed by atoms with van der Waals surface area (Å²) in [6.45, 7) is 4.47. The molecule has 0 aliphatic carbocycles. The molecule has 128 valence electrons. The first kappa shape index (κ1) is 16.4. The molecule has 4 aromatic heterocycles. The highest BCUT2D eigenvalue weighted by atomic mass is 35.5. The van der Waals surface area contributed by atoms with E-state index in [1.165, 1.54) is 11.1 Å². The maximum absolute atomic E-state index is 6.20. The summed E-state index contributed by atoms with van der Waals surface area (Å²) in [5.74, 6) is 0.615. The second-order valence-corrected chi connectivity index (χ2v) is 7.32. The van der Waals surface area contributed by atoms with Crippen LogP contribution < -0.4 is 0 Å². The number of hydrogen-bond donors (Lipinski definition) is 2. The van der Waals surface area contributed by atoms with Gasteiger partial charge in [-0.1, -0.05) is 43.5 Å². The molecule has 2 N–H and O–H groups in total. The van der Waals surface area contributed by atoms with Crippen molar-refractivity contribution < 1.29 is 0 Å². The average molecular weight is 373 g/mol. The summed E-state index contributed by atoms with van der Waals surface area (Å²) >= 11 is 12.4. The molecule has 0 bridgehead atoms. The number of H-pyrrole nitrogens is 2. The molecule has 0 aliphatic rings. The lowest BCUT2D eigenvalue weighted by Gasteiger charge is -2.23. The molecule has 0 amide bonds. The zero-order chi connectivity index (χ0) is 17.6. The Morgan fingerprint density at radius 1 is 0.920 bits per heavy atom. The first-order valence-electron chi connectivity index (χ1n) is 8.33. The number of nitrogens with one attached hydrogen (secondary N) is 2. The Kier molecular flexibility index (Phi) is 4.18. The van der Waals surface area contributed by atoms with Crippen LogP contribution in [0.2, 0.25) is 10.0 Å². The summed E-state index contributed by atoms with van der Waals surface area (Å²) in [6, 6.07) is 3.95. The number of nitrogens with zero attached hydrogens (tertiary/aromatic N) is 2. The molecule has 4 heterocycles. The molecule has 25 heavy (non-hydrogen) atoms. The van der Waals surface area contributed by atoms with Gasteiger partial charge in [-0.2, -0.15) is 0 Å². The van der Waals surface area contributed by atoms with Crippen LogP contribution in [0, 0.1) is 5.92 Å². The Morgan fingerprint density at radius 3 is 1.84 bits per heavy atom. The number of halogens is 2. The summed E-state index contributed by atoms with van der Waals surface area (Å²) in [4.78, 5) is 15.3. The van der Waals surface area contributed by atoms with Gasteiger partial charge < -0.3 is 9.97 Å². The smallest absolute Gasteiger partial charge is 0.137 e. The maximum atomic E-state index is 6.20. The van der Waals surface area contributed by atoms with Gasteiger partial charge in [0.05, 0.1) is 10.0 Å². The third-order valence-corrected chi connectivity index (χ3v) is 5.36. The van der Waals surface area contributed by atoms with E-state index in [0.29, 0.717) is 16.0 Å². The molecule has 0 radical (unpaired) electrons. The van der Waals surface area contributed by atoms with Crippen molar-refractivity contribution in [2.24, 2.45) is 5.92 Å². The summed E-state index contributed by atoms with van der Waals surface area (Å²) in [6.07, 6.45) is 8.46. The summed E-state index contributed by atoms with van der Waals surface area (Å²) in [7, 11) is 0. The zero-order valence-electron chi connectivity index (χ0n) is 14.0. The van der Waals surface area contributed by atoms with Gasteiger partial charge in [0.1, 0.15) is 11.3 Å². The van der Waals surface area contributed by atoms with Crippen molar-refractivity contribution in [1.29, 1.82) is 0 Å². The van der Waals surface area contributed by atoms with Gasteiger partial charge in [0, 0.05) is 41.5 Å². The Labute approximate surface area is 155 Å². The fourth-order valence-corrected chi connectivity index (χ4v) is 3.84.